The van der Waals surface area contributed by atoms with Crippen molar-refractivity contribution in [2.75, 3.05) is 22.1 Å². The molecule has 0 radical (unpaired) electrons. The monoisotopic (exact) mass is 357 g/mol. The zero-order valence-corrected chi connectivity index (χ0v) is 14.4. The van der Waals surface area contributed by atoms with Crippen molar-refractivity contribution in [1.29, 1.82) is 0 Å². The standard InChI is InChI=1S/C18H20BrN3/c1-11(2)10-22-16-8-7-12(19)9-13(16)17-18(22)21-15-6-4-3-5-14(15)20-17/h3-9,11,17-18,20-21H,10H2,1-2H3. The zero-order chi connectivity index (χ0) is 15.3. The number of fused-ring (bicyclic) bond motifs is 4. The molecule has 4 rings (SSSR count). The highest BCUT2D eigenvalue weighted by molar-refractivity contribution is 9.10. The fourth-order valence-corrected chi connectivity index (χ4v) is 3.90. The molecule has 0 bridgehead atoms. The average Bonchev–Trinajstić information content (AvgIpc) is 2.78. The molecule has 0 saturated carbocycles. The van der Waals surface area contributed by atoms with Gasteiger partial charge in [-0.2, -0.15) is 0 Å². The number of anilines is 3. The van der Waals surface area contributed by atoms with Crippen LogP contribution in [0.3, 0.4) is 0 Å². The molecular formula is C18H20BrN3. The van der Waals surface area contributed by atoms with Gasteiger partial charge in [0.15, 0.2) is 0 Å². The van der Waals surface area contributed by atoms with Gasteiger partial charge < -0.3 is 15.5 Å². The molecule has 0 spiro atoms. The molecule has 2 aromatic rings. The Morgan fingerprint density at radius 1 is 1.09 bits per heavy atom. The lowest BCUT2D eigenvalue weighted by Gasteiger charge is -2.37. The van der Waals surface area contributed by atoms with Gasteiger partial charge in [-0.3, -0.25) is 0 Å². The Labute approximate surface area is 139 Å². The van der Waals surface area contributed by atoms with E-state index in [1.807, 2.05) is 0 Å². The molecule has 0 saturated heterocycles. The van der Waals surface area contributed by atoms with Gasteiger partial charge >= 0.3 is 0 Å². The van der Waals surface area contributed by atoms with E-state index in [0.29, 0.717) is 5.92 Å². The Morgan fingerprint density at radius 3 is 2.55 bits per heavy atom. The summed E-state index contributed by atoms with van der Waals surface area (Å²) in [4.78, 5) is 2.50. The molecule has 0 aliphatic carbocycles. The molecule has 2 heterocycles. The van der Waals surface area contributed by atoms with Gasteiger partial charge in [-0.25, -0.2) is 0 Å². The number of nitrogens with one attached hydrogen (secondary N) is 2. The topological polar surface area (TPSA) is 27.3 Å². The molecule has 2 aromatic carbocycles. The molecule has 3 nitrogen and oxygen atoms in total. The second kappa shape index (κ2) is 5.20. The van der Waals surface area contributed by atoms with Gasteiger partial charge in [0.25, 0.3) is 0 Å². The number of para-hydroxylation sites is 2. The van der Waals surface area contributed by atoms with Crippen LogP contribution in [-0.4, -0.2) is 12.7 Å². The van der Waals surface area contributed by atoms with Crippen LogP contribution >= 0.6 is 15.9 Å². The predicted molar refractivity (Wildman–Crippen MR) is 96.5 cm³/mol. The van der Waals surface area contributed by atoms with Crippen LogP contribution in [0.15, 0.2) is 46.9 Å². The van der Waals surface area contributed by atoms with Crippen molar-refractivity contribution >= 4 is 33.0 Å². The molecule has 4 heteroatoms. The molecule has 22 heavy (non-hydrogen) atoms. The van der Waals surface area contributed by atoms with E-state index in [2.05, 4.69) is 87.8 Å². The summed E-state index contributed by atoms with van der Waals surface area (Å²) in [6.45, 7) is 5.60. The van der Waals surface area contributed by atoms with E-state index in [1.165, 1.54) is 22.6 Å². The van der Waals surface area contributed by atoms with Crippen LogP contribution in [0.2, 0.25) is 0 Å². The lowest BCUT2D eigenvalue weighted by molar-refractivity contribution is 0.543. The summed E-state index contributed by atoms with van der Waals surface area (Å²) >= 11 is 3.62. The van der Waals surface area contributed by atoms with E-state index in [1.54, 1.807) is 0 Å². The first-order chi connectivity index (χ1) is 10.6. The minimum Gasteiger partial charge on any atom is -0.373 e. The van der Waals surface area contributed by atoms with E-state index in [-0.39, 0.29) is 12.2 Å². The maximum Gasteiger partial charge on any atom is 0.124 e. The Bertz CT molecular complexity index is 713. The molecule has 2 atom stereocenters. The molecular weight excluding hydrogens is 338 g/mol. The first-order valence-corrected chi connectivity index (χ1v) is 8.61. The number of nitrogens with zero attached hydrogens (tertiary/aromatic N) is 1. The van der Waals surface area contributed by atoms with Gasteiger partial charge in [-0.15, -0.1) is 0 Å². The third-order valence-corrected chi connectivity index (χ3v) is 4.88. The molecule has 0 amide bonds. The highest BCUT2D eigenvalue weighted by Gasteiger charge is 2.41. The third kappa shape index (κ3) is 2.17. The van der Waals surface area contributed by atoms with Gasteiger partial charge in [0, 0.05) is 22.3 Å². The van der Waals surface area contributed by atoms with Crippen LogP contribution in [0.25, 0.3) is 0 Å². The summed E-state index contributed by atoms with van der Waals surface area (Å²) in [5.74, 6) is 0.620. The SMILES string of the molecule is CC(C)CN1c2ccc(Br)cc2C2Nc3ccccc3NC21. The number of halogens is 1. The quantitative estimate of drug-likeness (QED) is 0.805. The van der Waals surface area contributed by atoms with Crippen LogP contribution < -0.4 is 15.5 Å². The minimum absolute atomic E-state index is 0.265. The van der Waals surface area contributed by atoms with Crippen molar-refractivity contribution in [2.24, 2.45) is 5.92 Å². The maximum absolute atomic E-state index is 3.73. The van der Waals surface area contributed by atoms with Crippen molar-refractivity contribution in [3.8, 4) is 0 Å². The zero-order valence-electron chi connectivity index (χ0n) is 12.8. The van der Waals surface area contributed by atoms with Crippen molar-refractivity contribution < 1.29 is 0 Å². The van der Waals surface area contributed by atoms with Gasteiger partial charge in [0.1, 0.15) is 6.17 Å². The van der Waals surface area contributed by atoms with Gasteiger partial charge in [0.05, 0.1) is 17.4 Å². The van der Waals surface area contributed by atoms with Crippen LogP contribution in [0, 0.1) is 5.92 Å². The predicted octanol–water partition coefficient (Wildman–Crippen LogP) is 4.83. The second-order valence-corrected chi connectivity index (χ2v) is 7.42. The Hall–Kier alpha value is -1.68. The van der Waals surface area contributed by atoms with Crippen molar-refractivity contribution in [2.45, 2.75) is 26.1 Å². The van der Waals surface area contributed by atoms with Crippen LogP contribution in [0.5, 0.6) is 0 Å². The average molecular weight is 358 g/mol. The molecule has 2 N–H and O–H groups in total. The highest BCUT2D eigenvalue weighted by atomic mass is 79.9. The molecule has 2 unspecified atom stereocenters. The molecule has 0 fully saturated rings. The van der Waals surface area contributed by atoms with E-state index in [0.717, 1.165) is 11.0 Å². The van der Waals surface area contributed by atoms with Crippen molar-refractivity contribution in [3.05, 3.63) is 52.5 Å². The first kappa shape index (κ1) is 13.9. The highest BCUT2D eigenvalue weighted by Crippen LogP contribution is 2.46. The first-order valence-electron chi connectivity index (χ1n) is 7.81. The third-order valence-electron chi connectivity index (χ3n) is 4.39. The summed E-state index contributed by atoms with van der Waals surface area (Å²) in [7, 11) is 0. The summed E-state index contributed by atoms with van der Waals surface area (Å²) in [6, 6.07) is 15.3. The number of rotatable bonds is 2. The Morgan fingerprint density at radius 2 is 1.82 bits per heavy atom. The van der Waals surface area contributed by atoms with Crippen molar-refractivity contribution in [3.63, 3.8) is 0 Å². The normalized spacial score (nSPS) is 21.7. The lowest BCUT2D eigenvalue weighted by Crippen LogP contribution is -2.46. The van der Waals surface area contributed by atoms with Gasteiger partial charge in [-0.1, -0.05) is 41.9 Å². The maximum atomic E-state index is 3.73. The van der Waals surface area contributed by atoms with E-state index in [4.69, 9.17) is 0 Å². The van der Waals surface area contributed by atoms with E-state index < -0.39 is 0 Å². The van der Waals surface area contributed by atoms with Crippen LogP contribution in [0.4, 0.5) is 17.1 Å². The molecule has 2 aliphatic rings. The van der Waals surface area contributed by atoms with Crippen molar-refractivity contribution in [1.82, 2.24) is 0 Å². The van der Waals surface area contributed by atoms with Gasteiger partial charge in [0.2, 0.25) is 0 Å². The largest absolute Gasteiger partial charge is 0.373 e. The fourth-order valence-electron chi connectivity index (χ4n) is 3.52. The molecule has 114 valence electrons. The number of hydrogen-bond donors (Lipinski definition) is 2. The second-order valence-electron chi connectivity index (χ2n) is 6.51. The van der Waals surface area contributed by atoms with Gasteiger partial charge in [-0.05, 0) is 36.2 Å². The smallest absolute Gasteiger partial charge is 0.124 e. The Kier molecular flexibility index (Phi) is 3.30. The summed E-state index contributed by atoms with van der Waals surface area (Å²) in [5, 5.41) is 7.45. The summed E-state index contributed by atoms with van der Waals surface area (Å²) in [5.41, 5.74) is 5.06. The molecule has 0 aromatic heterocycles. The number of benzene rings is 2. The van der Waals surface area contributed by atoms with Crippen LogP contribution in [0.1, 0.15) is 25.5 Å². The van der Waals surface area contributed by atoms with E-state index in [9.17, 15) is 0 Å². The minimum atomic E-state index is 0.265. The lowest BCUT2D eigenvalue weighted by atomic mass is 10.0. The fraction of sp³-hybridized carbons (Fsp3) is 0.333. The summed E-state index contributed by atoms with van der Waals surface area (Å²) < 4.78 is 1.14. The number of hydrogen-bond acceptors (Lipinski definition) is 3. The van der Waals surface area contributed by atoms with Crippen LogP contribution in [-0.2, 0) is 0 Å². The Balaban J connectivity index is 1.79. The molecule has 2 aliphatic heterocycles. The van der Waals surface area contributed by atoms with E-state index >= 15 is 0 Å². The summed E-state index contributed by atoms with van der Waals surface area (Å²) in [6.07, 6.45) is 0.265.